The maximum absolute atomic E-state index is 13.0. The Kier molecular flexibility index (Phi) is 5.26. The molecular weight excluding hydrogens is 326 g/mol. The topological polar surface area (TPSA) is 46.8 Å². The Labute approximate surface area is 154 Å². The number of carbonyl (C=O) groups excluding carboxylic acids is 1. The van der Waals surface area contributed by atoms with Gasteiger partial charge in [-0.2, -0.15) is 0 Å². The minimum Gasteiger partial charge on any atom is -0.490 e. The highest BCUT2D eigenvalue weighted by Crippen LogP contribution is 2.29. The van der Waals surface area contributed by atoms with Crippen LogP contribution < -0.4 is 9.64 Å². The van der Waals surface area contributed by atoms with Crippen molar-refractivity contribution in [3.8, 4) is 5.75 Å². The molecule has 0 N–H and O–H groups in total. The quantitative estimate of drug-likeness (QED) is 0.666. The number of anilines is 1. The molecule has 136 valence electrons. The molecule has 5 nitrogen and oxygen atoms in total. The number of hydrogen-bond donors (Lipinski definition) is 0. The number of amides is 1. The van der Waals surface area contributed by atoms with Gasteiger partial charge in [-0.3, -0.25) is 14.1 Å². The molecule has 5 heteroatoms. The third-order valence-corrected chi connectivity index (χ3v) is 4.38. The Balaban J connectivity index is 2.05. The second-order valence-electron chi connectivity index (χ2n) is 6.38. The van der Waals surface area contributed by atoms with Crippen LogP contribution in [0.5, 0.6) is 5.75 Å². The van der Waals surface area contributed by atoms with Crippen LogP contribution in [-0.2, 0) is 6.42 Å². The number of aryl methyl sites for hydroxylation is 2. The van der Waals surface area contributed by atoms with Gasteiger partial charge >= 0.3 is 0 Å². The van der Waals surface area contributed by atoms with Crippen LogP contribution in [0.3, 0.4) is 0 Å². The van der Waals surface area contributed by atoms with E-state index in [4.69, 9.17) is 9.72 Å². The number of imidazole rings is 1. The first-order valence-corrected chi connectivity index (χ1v) is 9.04. The third kappa shape index (κ3) is 3.29. The fourth-order valence-corrected chi connectivity index (χ4v) is 2.98. The minimum atomic E-state index is -0.0543. The Morgan fingerprint density at radius 1 is 1.19 bits per heavy atom. The molecule has 26 heavy (non-hydrogen) atoms. The number of fused-ring (bicyclic) bond motifs is 1. The molecule has 0 aliphatic carbocycles. The second-order valence-corrected chi connectivity index (χ2v) is 6.38. The summed E-state index contributed by atoms with van der Waals surface area (Å²) in [4.78, 5) is 19.4. The highest BCUT2D eigenvalue weighted by Gasteiger charge is 2.22. The van der Waals surface area contributed by atoms with Gasteiger partial charge in [-0.05, 0) is 44.0 Å². The Bertz CT molecular complexity index is 913. The molecule has 1 amide bonds. The van der Waals surface area contributed by atoms with Crippen LogP contribution >= 0.6 is 0 Å². The van der Waals surface area contributed by atoms with E-state index >= 15 is 0 Å². The van der Waals surface area contributed by atoms with E-state index in [2.05, 4.69) is 6.92 Å². The van der Waals surface area contributed by atoms with Crippen LogP contribution in [0.4, 0.5) is 5.82 Å². The van der Waals surface area contributed by atoms with Gasteiger partial charge in [-0.25, -0.2) is 4.98 Å². The van der Waals surface area contributed by atoms with Crippen molar-refractivity contribution in [2.75, 3.05) is 18.6 Å². The van der Waals surface area contributed by atoms with Crippen LogP contribution in [0.2, 0.25) is 0 Å². The average Bonchev–Trinajstić information content (AvgIpc) is 3.05. The number of nitrogens with zero attached hydrogens (tertiary/aromatic N) is 3. The first-order chi connectivity index (χ1) is 12.6. The van der Waals surface area contributed by atoms with E-state index in [0.29, 0.717) is 12.2 Å². The lowest BCUT2D eigenvalue weighted by Gasteiger charge is -2.18. The smallest absolute Gasteiger partial charge is 0.259 e. The summed E-state index contributed by atoms with van der Waals surface area (Å²) < 4.78 is 7.77. The van der Waals surface area contributed by atoms with E-state index in [1.165, 1.54) is 0 Å². The van der Waals surface area contributed by atoms with Gasteiger partial charge in [0.15, 0.2) is 11.4 Å². The summed E-state index contributed by atoms with van der Waals surface area (Å²) in [6.07, 6.45) is 3.59. The van der Waals surface area contributed by atoms with Crippen molar-refractivity contribution < 1.29 is 9.53 Å². The molecule has 2 heterocycles. The second kappa shape index (κ2) is 7.60. The molecule has 0 aliphatic heterocycles. The molecule has 0 spiro atoms. The van der Waals surface area contributed by atoms with Crippen molar-refractivity contribution in [1.82, 2.24) is 9.38 Å². The highest BCUT2D eigenvalue weighted by atomic mass is 16.5. The third-order valence-electron chi connectivity index (χ3n) is 4.38. The predicted molar refractivity (Wildman–Crippen MR) is 104 cm³/mol. The van der Waals surface area contributed by atoms with Crippen molar-refractivity contribution in [3.63, 3.8) is 0 Å². The van der Waals surface area contributed by atoms with Crippen molar-refractivity contribution in [3.05, 3.63) is 59.4 Å². The fraction of sp³-hybridized carbons (Fsp3) is 0.333. The lowest BCUT2D eigenvalue weighted by atomic mass is 10.1. The molecule has 0 aliphatic rings. The van der Waals surface area contributed by atoms with E-state index in [0.717, 1.165) is 41.3 Å². The molecule has 1 aromatic carbocycles. The number of ether oxygens (including phenoxy) is 1. The van der Waals surface area contributed by atoms with Crippen LogP contribution in [0.25, 0.3) is 5.65 Å². The van der Waals surface area contributed by atoms with Crippen LogP contribution in [-0.4, -0.2) is 28.9 Å². The molecule has 0 fully saturated rings. The number of hydrogen-bond acceptors (Lipinski definition) is 3. The summed E-state index contributed by atoms with van der Waals surface area (Å²) in [6, 6.07) is 11.5. The number of carbonyl (C=O) groups is 1. The van der Waals surface area contributed by atoms with E-state index in [-0.39, 0.29) is 5.91 Å². The maximum atomic E-state index is 13.0. The summed E-state index contributed by atoms with van der Waals surface area (Å²) in [6.45, 7) is 6.77. The molecule has 3 rings (SSSR count). The molecular formula is C21H25N3O2. The summed E-state index contributed by atoms with van der Waals surface area (Å²) in [5, 5.41) is 0. The van der Waals surface area contributed by atoms with Crippen molar-refractivity contribution in [2.24, 2.45) is 0 Å². The highest BCUT2D eigenvalue weighted by molar-refractivity contribution is 6.05. The fourth-order valence-electron chi connectivity index (χ4n) is 2.98. The molecule has 0 unspecified atom stereocenters. The average molecular weight is 351 g/mol. The van der Waals surface area contributed by atoms with Gasteiger partial charge in [0.1, 0.15) is 5.82 Å². The van der Waals surface area contributed by atoms with Crippen molar-refractivity contribution in [2.45, 2.75) is 33.6 Å². The van der Waals surface area contributed by atoms with Crippen molar-refractivity contribution >= 4 is 17.4 Å². The summed E-state index contributed by atoms with van der Waals surface area (Å²) >= 11 is 0. The van der Waals surface area contributed by atoms with E-state index in [1.54, 1.807) is 11.9 Å². The lowest BCUT2D eigenvalue weighted by Crippen LogP contribution is -2.28. The number of rotatable bonds is 6. The van der Waals surface area contributed by atoms with Gasteiger partial charge < -0.3 is 4.74 Å². The standard InChI is InChI=1S/C21H25N3O2/c1-5-14-26-18-8-7-13-24-19(18)22-17(6-2)20(24)23(4)21(25)16-11-9-15(3)10-12-16/h7-13H,5-6,14H2,1-4H3. The van der Waals surface area contributed by atoms with Crippen LogP contribution in [0.15, 0.2) is 42.6 Å². The molecule has 0 atom stereocenters. The maximum Gasteiger partial charge on any atom is 0.259 e. The largest absolute Gasteiger partial charge is 0.490 e. The molecule has 0 bridgehead atoms. The minimum absolute atomic E-state index is 0.0543. The van der Waals surface area contributed by atoms with Gasteiger partial charge in [0, 0.05) is 18.8 Å². The SMILES string of the molecule is CCCOc1cccn2c(N(C)C(=O)c3ccc(C)cc3)c(CC)nc12. The zero-order chi connectivity index (χ0) is 18.7. The van der Waals surface area contributed by atoms with E-state index in [9.17, 15) is 4.79 Å². The molecule has 0 saturated heterocycles. The van der Waals surface area contributed by atoms with Crippen LogP contribution in [0.1, 0.15) is 41.9 Å². The van der Waals surface area contributed by atoms with Gasteiger partial charge in [-0.15, -0.1) is 0 Å². The lowest BCUT2D eigenvalue weighted by molar-refractivity contribution is 0.0992. The molecule has 3 aromatic rings. The zero-order valence-electron chi connectivity index (χ0n) is 15.8. The summed E-state index contributed by atoms with van der Waals surface area (Å²) in [5.74, 6) is 1.47. The first kappa shape index (κ1) is 18.0. The zero-order valence-corrected chi connectivity index (χ0v) is 15.8. The number of aromatic nitrogens is 2. The van der Waals surface area contributed by atoms with Gasteiger partial charge in [0.05, 0.1) is 12.3 Å². The monoisotopic (exact) mass is 351 g/mol. The number of benzene rings is 1. The molecule has 0 radical (unpaired) electrons. The molecule has 2 aromatic heterocycles. The molecule has 0 saturated carbocycles. The van der Waals surface area contributed by atoms with Gasteiger partial charge in [0.2, 0.25) is 0 Å². The van der Waals surface area contributed by atoms with Gasteiger partial charge in [-0.1, -0.05) is 31.5 Å². The van der Waals surface area contributed by atoms with Crippen molar-refractivity contribution in [1.29, 1.82) is 0 Å². The Hall–Kier alpha value is -2.82. The van der Waals surface area contributed by atoms with Gasteiger partial charge in [0.25, 0.3) is 5.91 Å². The van der Waals surface area contributed by atoms with E-state index < -0.39 is 0 Å². The number of pyridine rings is 1. The van der Waals surface area contributed by atoms with Crippen LogP contribution in [0, 0.1) is 6.92 Å². The first-order valence-electron chi connectivity index (χ1n) is 9.04. The Morgan fingerprint density at radius 2 is 1.92 bits per heavy atom. The summed E-state index contributed by atoms with van der Waals surface area (Å²) in [7, 11) is 1.80. The Morgan fingerprint density at radius 3 is 2.58 bits per heavy atom. The predicted octanol–water partition coefficient (Wildman–Crippen LogP) is 4.27. The van der Waals surface area contributed by atoms with E-state index in [1.807, 2.05) is 60.8 Å². The summed E-state index contributed by atoms with van der Waals surface area (Å²) in [5.41, 5.74) is 3.41. The normalized spacial score (nSPS) is 10.9.